The summed E-state index contributed by atoms with van der Waals surface area (Å²) in [6.07, 6.45) is 1.73. The third kappa shape index (κ3) is 10.6. The van der Waals surface area contributed by atoms with Crippen molar-refractivity contribution >= 4 is 48.5 Å². The van der Waals surface area contributed by atoms with Crippen LogP contribution in [0.5, 0.6) is 0 Å². The van der Waals surface area contributed by atoms with Gasteiger partial charge in [-0.3, -0.25) is 0 Å². The topological polar surface area (TPSA) is 63.2 Å². The zero-order valence-corrected chi connectivity index (χ0v) is 28.2. The maximum absolute atomic E-state index is 12.7. The third-order valence-electron chi connectivity index (χ3n) is 5.14. The minimum Gasteiger partial charge on any atom is -0.491 e. The molecule has 0 N–H and O–H groups in total. The molecule has 32 heavy (non-hydrogen) atoms. The van der Waals surface area contributed by atoms with E-state index >= 15 is 0 Å². The molecule has 0 spiro atoms. The molecule has 0 fully saturated rings. The quantitative estimate of drug-likeness (QED) is 0.173. The maximum atomic E-state index is 12.7. The van der Waals surface area contributed by atoms with E-state index in [1.807, 2.05) is 13.1 Å². The summed E-state index contributed by atoms with van der Waals surface area (Å²) in [6, 6.07) is 0. The minimum atomic E-state index is -2.98. The monoisotopic (exact) mass is 538 g/mol. The summed E-state index contributed by atoms with van der Waals surface area (Å²) in [5.41, 5.74) is 0.650. The Morgan fingerprint density at radius 1 is 0.719 bits per heavy atom. The van der Waals surface area contributed by atoms with Crippen LogP contribution in [0.25, 0.3) is 0 Å². The first-order valence-corrected chi connectivity index (χ1v) is 25.6. The second-order valence-corrected chi connectivity index (χ2v) is 30.7. The van der Waals surface area contributed by atoms with Crippen molar-refractivity contribution < 1.29 is 25.7 Å². The zero-order chi connectivity index (χ0) is 25.8. The number of hydrogen-bond donors (Lipinski definition) is 0. The van der Waals surface area contributed by atoms with Gasteiger partial charge in [0, 0.05) is 16.7 Å². The Labute approximate surface area is 203 Å². The van der Waals surface area contributed by atoms with E-state index in [4.69, 9.17) is 20.9 Å². The van der Waals surface area contributed by atoms with Crippen molar-refractivity contribution in [1.29, 1.82) is 0 Å². The molecule has 2 unspecified atom stereocenters. The Bertz CT molecular complexity index is 635. The summed E-state index contributed by atoms with van der Waals surface area (Å²) in [6.45, 7) is 32.9. The first kappa shape index (κ1) is 32.1. The van der Waals surface area contributed by atoms with Crippen molar-refractivity contribution in [3.05, 3.63) is 12.2 Å². The SMILES string of the molecule is C=C(C)C(=O)O[Si](O[Si](C)(C)O[Si](C)(C)O[Si](C)(C)O[Si](C)(C)C)(C(C)CC)C(C)CC. The molecule has 0 aliphatic rings. The van der Waals surface area contributed by atoms with Crippen molar-refractivity contribution in [2.45, 2.75) is 117 Å². The van der Waals surface area contributed by atoms with Crippen molar-refractivity contribution in [3.8, 4) is 0 Å². The molecule has 6 nitrogen and oxygen atoms in total. The number of carbonyl (C=O) groups excluding carboxylic acids is 1. The second-order valence-electron chi connectivity index (χ2n) is 11.2. The van der Waals surface area contributed by atoms with Gasteiger partial charge in [0.15, 0.2) is 8.32 Å². The summed E-state index contributed by atoms with van der Waals surface area (Å²) < 4.78 is 32.8. The molecule has 0 aromatic rings. The largest absolute Gasteiger partial charge is 0.491 e. The molecule has 2 atom stereocenters. The van der Waals surface area contributed by atoms with Gasteiger partial charge in [0.25, 0.3) is 0 Å². The van der Waals surface area contributed by atoms with Gasteiger partial charge in [-0.25, -0.2) is 4.79 Å². The number of carbonyl (C=O) groups is 1. The van der Waals surface area contributed by atoms with E-state index < -0.39 is 42.6 Å². The van der Waals surface area contributed by atoms with Gasteiger partial charge < -0.3 is 20.9 Å². The van der Waals surface area contributed by atoms with Gasteiger partial charge >= 0.3 is 40.2 Å². The van der Waals surface area contributed by atoms with E-state index in [0.29, 0.717) is 5.57 Å². The van der Waals surface area contributed by atoms with Crippen LogP contribution in [-0.2, 0) is 25.7 Å². The lowest BCUT2D eigenvalue weighted by atomic mass is 10.3. The van der Waals surface area contributed by atoms with Gasteiger partial charge in [-0.05, 0) is 65.8 Å². The summed E-state index contributed by atoms with van der Waals surface area (Å²) in [4.78, 5) is 12.7. The van der Waals surface area contributed by atoms with Crippen molar-refractivity contribution in [2.75, 3.05) is 0 Å². The van der Waals surface area contributed by atoms with E-state index in [0.717, 1.165) is 12.8 Å². The van der Waals surface area contributed by atoms with Crippen LogP contribution in [-0.4, -0.2) is 48.5 Å². The molecule has 11 heteroatoms. The van der Waals surface area contributed by atoms with Gasteiger partial charge in [-0.1, -0.05) is 47.1 Å². The molecule has 0 aromatic heterocycles. The molecule has 0 rings (SSSR count). The summed E-state index contributed by atoms with van der Waals surface area (Å²) >= 11 is 0. The summed E-state index contributed by atoms with van der Waals surface area (Å²) in [5.74, 6) is -0.369. The molecule has 0 bridgehead atoms. The Balaban J connectivity index is 5.96. The van der Waals surface area contributed by atoms with Crippen LogP contribution in [0.4, 0.5) is 0 Å². The predicted molar refractivity (Wildman–Crippen MR) is 146 cm³/mol. The molecule has 0 amide bonds. The van der Waals surface area contributed by atoms with Gasteiger partial charge in [-0.2, -0.15) is 0 Å². The average molecular weight is 539 g/mol. The normalized spacial score (nSPS) is 17.4. The second kappa shape index (κ2) is 11.7. The smallest absolute Gasteiger partial charge is 0.398 e. The van der Waals surface area contributed by atoms with Crippen molar-refractivity contribution in [2.24, 2.45) is 0 Å². The first-order valence-electron chi connectivity index (χ1n) is 11.8. The Morgan fingerprint density at radius 3 is 1.38 bits per heavy atom. The highest BCUT2D eigenvalue weighted by molar-refractivity contribution is 6.90. The Hall–Kier alpha value is 0.134. The van der Waals surface area contributed by atoms with Gasteiger partial charge in [0.1, 0.15) is 0 Å². The fraction of sp³-hybridized carbons (Fsp3) is 0.857. The highest BCUT2D eigenvalue weighted by Crippen LogP contribution is 2.42. The Kier molecular flexibility index (Phi) is 11.8. The molecule has 0 aliphatic heterocycles. The number of rotatable bonds is 14. The molecule has 0 radical (unpaired) electrons. The lowest BCUT2D eigenvalue weighted by Gasteiger charge is -2.46. The van der Waals surface area contributed by atoms with Crippen molar-refractivity contribution in [1.82, 2.24) is 0 Å². The first-order chi connectivity index (χ1) is 14.1. The van der Waals surface area contributed by atoms with E-state index in [-0.39, 0.29) is 17.1 Å². The lowest BCUT2D eigenvalue weighted by molar-refractivity contribution is -0.132. The highest BCUT2D eigenvalue weighted by atomic mass is 28.5. The molecule has 0 aliphatic carbocycles. The molecule has 190 valence electrons. The summed E-state index contributed by atoms with van der Waals surface area (Å²) in [7, 11) is -12.4. The number of hydrogen-bond acceptors (Lipinski definition) is 6. The Morgan fingerprint density at radius 2 is 1.06 bits per heavy atom. The van der Waals surface area contributed by atoms with E-state index in [9.17, 15) is 4.79 Å². The third-order valence-corrected chi connectivity index (χ3v) is 24.7. The molecule has 0 heterocycles. The molecular formula is C21H50O6Si5. The van der Waals surface area contributed by atoms with Crippen LogP contribution in [0.2, 0.25) is 70.0 Å². The van der Waals surface area contributed by atoms with Gasteiger partial charge in [-0.15, -0.1) is 0 Å². The maximum Gasteiger partial charge on any atom is 0.398 e. The highest BCUT2D eigenvalue weighted by Gasteiger charge is 2.56. The van der Waals surface area contributed by atoms with Crippen LogP contribution in [0.15, 0.2) is 12.2 Å². The minimum absolute atomic E-state index is 0.128. The van der Waals surface area contributed by atoms with E-state index in [1.54, 1.807) is 6.92 Å². The average Bonchev–Trinajstić information content (AvgIpc) is 2.54. The zero-order valence-electron chi connectivity index (χ0n) is 23.2. The standard InChI is InChI=1S/C21H50O6Si5/c1-16-19(5)32(20(6)17-2,23-21(22)18(3)4)27-31(14,15)26-30(12,13)25-29(10,11)24-28(7,8)9/h19-20H,3,16-17H2,1-2,4-15H3. The molecule has 0 saturated heterocycles. The lowest BCUT2D eigenvalue weighted by Crippen LogP contribution is -2.62. The predicted octanol–water partition coefficient (Wildman–Crippen LogP) is 7.15. The fourth-order valence-electron chi connectivity index (χ4n) is 4.08. The van der Waals surface area contributed by atoms with Crippen LogP contribution in [0, 0.1) is 0 Å². The van der Waals surface area contributed by atoms with Gasteiger partial charge in [0.2, 0.25) is 0 Å². The molecule has 0 saturated carbocycles. The molecule has 0 aromatic carbocycles. The van der Waals surface area contributed by atoms with E-state index in [1.165, 1.54) is 0 Å². The van der Waals surface area contributed by atoms with Crippen LogP contribution in [0.1, 0.15) is 47.5 Å². The fourth-order valence-corrected chi connectivity index (χ4v) is 28.9. The van der Waals surface area contributed by atoms with Gasteiger partial charge in [0.05, 0.1) is 0 Å². The van der Waals surface area contributed by atoms with E-state index in [2.05, 4.69) is 80.1 Å². The van der Waals surface area contributed by atoms with Crippen LogP contribution >= 0.6 is 0 Å². The molecular weight excluding hydrogens is 489 g/mol. The summed E-state index contributed by atoms with van der Waals surface area (Å²) in [5, 5.41) is 0. The van der Waals surface area contributed by atoms with Crippen molar-refractivity contribution in [3.63, 3.8) is 0 Å². The van der Waals surface area contributed by atoms with Crippen LogP contribution in [0.3, 0.4) is 0 Å². The van der Waals surface area contributed by atoms with Crippen LogP contribution < -0.4 is 0 Å².